The van der Waals surface area contributed by atoms with Crippen LogP contribution in [-0.4, -0.2) is 4.98 Å². The van der Waals surface area contributed by atoms with E-state index in [9.17, 15) is 0 Å². The van der Waals surface area contributed by atoms with Crippen LogP contribution in [0.2, 0.25) is 0 Å². The highest BCUT2D eigenvalue weighted by molar-refractivity contribution is 9.10. The normalized spacial score (nSPS) is 11.1. The van der Waals surface area contributed by atoms with Crippen LogP contribution >= 0.6 is 27.7 Å². The zero-order valence-electron chi connectivity index (χ0n) is 10.2. The van der Waals surface area contributed by atoms with E-state index in [0.29, 0.717) is 6.54 Å². The molecule has 0 bridgehead atoms. The van der Waals surface area contributed by atoms with Crippen molar-refractivity contribution < 1.29 is 0 Å². The fraction of sp³-hybridized carbons (Fsp3) is 0.0667. The molecule has 3 aromatic rings. The molecule has 0 saturated carbocycles. The van der Waals surface area contributed by atoms with Gasteiger partial charge in [0.2, 0.25) is 0 Å². The van der Waals surface area contributed by atoms with E-state index < -0.39 is 0 Å². The number of aromatic nitrogens is 1. The molecule has 0 aliphatic carbocycles. The number of benzene rings is 2. The number of para-hydroxylation sites is 1. The number of aromatic amines is 1. The molecule has 0 spiro atoms. The molecule has 0 fully saturated rings. The number of halogens is 1. The lowest BCUT2D eigenvalue weighted by molar-refractivity contribution is 1.01. The maximum absolute atomic E-state index is 5.83. The molecule has 0 aliphatic rings. The van der Waals surface area contributed by atoms with E-state index in [4.69, 9.17) is 5.73 Å². The second-order valence-electron chi connectivity index (χ2n) is 4.24. The Balaban J connectivity index is 1.99. The lowest BCUT2D eigenvalue weighted by Crippen LogP contribution is -1.99. The Bertz CT molecular complexity index is 688. The van der Waals surface area contributed by atoms with Gasteiger partial charge in [0.05, 0.1) is 5.03 Å². The van der Waals surface area contributed by atoms with Crippen molar-refractivity contribution in [3.63, 3.8) is 0 Å². The quantitative estimate of drug-likeness (QED) is 0.739. The first kappa shape index (κ1) is 12.8. The van der Waals surface area contributed by atoms with Gasteiger partial charge < -0.3 is 10.7 Å². The van der Waals surface area contributed by atoms with E-state index in [1.165, 1.54) is 10.3 Å². The van der Waals surface area contributed by atoms with Crippen molar-refractivity contribution >= 4 is 38.6 Å². The zero-order valence-corrected chi connectivity index (χ0v) is 12.6. The van der Waals surface area contributed by atoms with Gasteiger partial charge in [-0.15, -0.1) is 0 Å². The van der Waals surface area contributed by atoms with E-state index >= 15 is 0 Å². The van der Waals surface area contributed by atoms with Crippen LogP contribution in [0.4, 0.5) is 0 Å². The third kappa shape index (κ3) is 2.56. The van der Waals surface area contributed by atoms with Gasteiger partial charge in [0.1, 0.15) is 0 Å². The summed E-state index contributed by atoms with van der Waals surface area (Å²) in [5.41, 5.74) is 8.13. The predicted molar refractivity (Wildman–Crippen MR) is 84.5 cm³/mol. The summed E-state index contributed by atoms with van der Waals surface area (Å²) in [7, 11) is 0. The molecule has 3 N–H and O–H groups in total. The number of hydrogen-bond donors (Lipinski definition) is 2. The van der Waals surface area contributed by atoms with Crippen LogP contribution in [0.1, 0.15) is 5.56 Å². The fourth-order valence-corrected chi connectivity index (χ4v) is 3.76. The van der Waals surface area contributed by atoms with Gasteiger partial charge in [-0.25, -0.2) is 0 Å². The number of hydrogen-bond acceptors (Lipinski definition) is 2. The minimum Gasteiger partial charge on any atom is -0.349 e. The molecule has 0 unspecified atom stereocenters. The number of rotatable bonds is 3. The van der Waals surface area contributed by atoms with Gasteiger partial charge in [0.15, 0.2) is 0 Å². The number of H-pyrrole nitrogens is 1. The smallest absolute Gasteiger partial charge is 0.0781 e. The van der Waals surface area contributed by atoms with Gasteiger partial charge in [-0.2, -0.15) is 0 Å². The monoisotopic (exact) mass is 332 g/mol. The Morgan fingerprint density at radius 2 is 1.95 bits per heavy atom. The standard InChI is InChI=1S/C15H13BrN2S/c16-12-5-3-7-14(11(12)9-17)19-15-8-10-4-1-2-6-13(10)18-15/h1-8,18H,9,17H2. The van der Waals surface area contributed by atoms with Crippen molar-refractivity contribution in [1.29, 1.82) is 0 Å². The summed E-state index contributed by atoms with van der Waals surface area (Å²) < 4.78 is 1.07. The van der Waals surface area contributed by atoms with Gasteiger partial charge in [-0.3, -0.25) is 0 Å². The fourth-order valence-electron chi connectivity index (χ4n) is 2.05. The van der Waals surface area contributed by atoms with Crippen LogP contribution in [-0.2, 0) is 6.54 Å². The summed E-state index contributed by atoms with van der Waals surface area (Å²) in [5, 5.41) is 2.36. The van der Waals surface area contributed by atoms with Gasteiger partial charge in [-0.05, 0) is 29.8 Å². The first-order valence-electron chi connectivity index (χ1n) is 6.01. The van der Waals surface area contributed by atoms with Gasteiger partial charge in [0.25, 0.3) is 0 Å². The van der Waals surface area contributed by atoms with Crippen molar-refractivity contribution in [2.45, 2.75) is 16.5 Å². The van der Waals surface area contributed by atoms with Gasteiger partial charge in [0, 0.05) is 26.8 Å². The van der Waals surface area contributed by atoms with E-state index in [2.05, 4.69) is 51.2 Å². The molecular weight excluding hydrogens is 320 g/mol. The second kappa shape index (κ2) is 5.41. The molecule has 1 aromatic heterocycles. The summed E-state index contributed by atoms with van der Waals surface area (Å²) in [4.78, 5) is 4.61. The topological polar surface area (TPSA) is 41.8 Å². The van der Waals surface area contributed by atoms with Crippen molar-refractivity contribution in [2.75, 3.05) is 0 Å². The van der Waals surface area contributed by atoms with Crippen LogP contribution in [0.25, 0.3) is 10.9 Å². The predicted octanol–water partition coefficient (Wildman–Crippen LogP) is 4.54. The molecule has 3 rings (SSSR count). The van der Waals surface area contributed by atoms with Crippen LogP contribution in [0.3, 0.4) is 0 Å². The van der Waals surface area contributed by atoms with Crippen LogP contribution in [0.15, 0.2) is 62.9 Å². The number of fused-ring (bicyclic) bond motifs is 1. The van der Waals surface area contributed by atoms with E-state index in [1.54, 1.807) is 11.8 Å². The van der Waals surface area contributed by atoms with Crippen molar-refractivity contribution in [3.05, 3.63) is 58.6 Å². The van der Waals surface area contributed by atoms with E-state index in [-0.39, 0.29) is 0 Å². The summed E-state index contributed by atoms with van der Waals surface area (Å²) in [6, 6.07) is 16.6. The Hall–Kier alpha value is -1.23. The maximum Gasteiger partial charge on any atom is 0.0781 e. The molecule has 0 saturated heterocycles. The molecule has 2 nitrogen and oxygen atoms in total. The first-order chi connectivity index (χ1) is 9.28. The minimum absolute atomic E-state index is 0.532. The van der Waals surface area contributed by atoms with Crippen LogP contribution < -0.4 is 5.73 Å². The molecule has 0 atom stereocenters. The third-order valence-electron chi connectivity index (χ3n) is 3.01. The largest absolute Gasteiger partial charge is 0.349 e. The first-order valence-corrected chi connectivity index (χ1v) is 7.62. The summed E-state index contributed by atoms with van der Waals surface area (Å²) in [5.74, 6) is 0. The Kier molecular flexibility index (Phi) is 3.64. The lowest BCUT2D eigenvalue weighted by Gasteiger charge is -2.08. The molecule has 0 radical (unpaired) electrons. The van der Waals surface area contributed by atoms with Crippen LogP contribution in [0.5, 0.6) is 0 Å². The third-order valence-corrected chi connectivity index (χ3v) is 4.79. The summed E-state index contributed by atoms with van der Waals surface area (Å²) in [6.07, 6.45) is 0. The molecule has 0 aliphatic heterocycles. The van der Waals surface area contributed by atoms with Crippen molar-refractivity contribution in [2.24, 2.45) is 5.73 Å². The number of nitrogens with one attached hydrogen (secondary N) is 1. The SMILES string of the molecule is NCc1c(Br)cccc1Sc1cc2ccccc2[nH]1. The average molecular weight is 333 g/mol. The highest BCUT2D eigenvalue weighted by Gasteiger charge is 2.08. The molecule has 4 heteroatoms. The number of nitrogens with two attached hydrogens (primary N) is 1. The molecule has 1 heterocycles. The Labute approximate surface area is 124 Å². The second-order valence-corrected chi connectivity index (χ2v) is 6.18. The average Bonchev–Trinajstić information content (AvgIpc) is 2.81. The zero-order chi connectivity index (χ0) is 13.2. The highest BCUT2D eigenvalue weighted by Crippen LogP contribution is 2.34. The molecule has 19 heavy (non-hydrogen) atoms. The Morgan fingerprint density at radius 3 is 2.74 bits per heavy atom. The molecule has 96 valence electrons. The van der Waals surface area contributed by atoms with Gasteiger partial charge in [-0.1, -0.05) is 52.0 Å². The maximum atomic E-state index is 5.83. The van der Waals surface area contributed by atoms with Crippen LogP contribution in [0, 0.1) is 0 Å². The minimum atomic E-state index is 0.532. The van der Waals surface area contributed by atoms with Gasteiger partial charge >= 0.3 is 0 Å². The van der Waals surface area contributed by atoms with Crippen molar-refractivity contribution in [1.82, 2.24) is 4.98 Å². The molecule has 0 amide bonds. The summed E-state index contributed by atoms with van der Waals surface area (Å²) in [6.45, 7) is 0.532. The highest BCUT2D eigenvalue weighted by atomic mass is 79.9. The lowest BCUT2D eigenvalue weighted by atomic mass is 10.2. The van der Waals surface area contributed by atoms with E-state index in [0.717, 1.165) is 20.6 Å². The summed E-state index contributed by atoms with van der Waals surface area (Å²) >= 11 is 5.26. The molecule has 2 aromatic carbocycles. The molecular formula is C15H13BrN2S. The Morgan fingerprint density at radius 1 is 1.11 bits per heavy atom. The van der Waals surface area contributed by atoms with E-state index in [1.807, 2.05) is 18.2 Å². The van der Waals surface area contributed by atoms with Crippen molar-refractivity contribution in [3.8, 4) is 0 Å².